The number of carbonyl (C=O) groups is 4. The summed E-state index contributed by atoms with van der Waals surface area (Å²) in [5.41, 5.74) is 6.72. The molecule has 3 N–H and O–H groups in total. The maximum absolute atomic E-state index is 14.5. The standard InChI is InChI=1S/C58H57N5O9S2/c1-5-60(6-2)37-14-19-44-49(32-37)71-50-33-38(61(7-3)8-4)15-20-45(50)55(44)41-11-9-10-12-43(41)57(68)63-27-25-62(26-28-63)54(67)24-30-74-73-29-23-53(66)59-36-13-18-42(48(31-36)58(69)70)56-46-21-16-39(64)34-51(46)72-52-35-40(65)17-22-47(52)56/h9-22,31-35H,5-8,23-30H2,1-4H3,(H2-,59,64,65,66,69,70)/p+1. The first-order chi connectivity index (χ1) is 35.9. The van der Waals surface area contributed by atoms with Gasteiger partial charge in [0.1, 0.15) is 41.5 Å². The quantitative estimate of drug-likeness (QED) is 0.0341. The number of nitrogens with one attached hydrogen (secondary N) is 1. The summed E-state index contributed by atoms with van der Waals surface area (Å²) in [4.78, 5) is 71.7. The third-order valence-corrected chi connectivity index (χ3v) is 16.1. The molecule has 0 saturated carbocycles. The number of anilines is 2. The minimum atomic E-state index is -1.21. The van der Waals surface area contributed by atoms with Crippen LogP contribution in [0.4, 0.5) is 11.4 Å². The van der Waals surface area contributed by atoms with Crippen LogP contribution in [0, 0.1) is 0 Å². The molecule has 0 radical (unpaired) electrons. The molecule has 14 nitrogen and oxygen atoms in total. The zero-order valence-corrected chi connectivity index (χ0v) is 43.4. The summed E-state index contributed by atoms with van der Waals surface area (Å²) in [5, 5.41) is 25.8. The SMILES string of the molecule is CCN(CC)c1ccc2c(-c3ccccc3C(=O)N3CCN(C(=O)CCSSCCC(=O)Nc4ccc(-c5c6ccc(=O)cc-6oc6cc(O)ccc56)c(C(=O)O)c4)CC3)c3ccc(=[N+](CC)CC)cc-3oc2c1. The van der Waals surface area contributed by atoms with Crippen molar-refractivity contribution in [1.82, 2.24) is 14.4 Å². The van der Waals surface area contributed by atoms with Crippen molar-refractivity contribution in [2.75, 3.05) is 74.1 Å². The molecule has 0 aromatic heterocycles. The van der Waals surface area contributed by atoms with Crippen LogP contribution < -0.4 is 25.6 Å². The molecule has 3 amide bonds. The lowest BCUT2D eigenvalue weighted by atomic mass is 9.90. The van der Waals surface area contributed by atoms with Crippen LogP contribution in [0.2, 0.25) is 0 Å². The molecule has 0 spiro atoms. The van der Waals surface area contributed by atoms with Gasteiger partial charge in [-0.2, -0.15) is 0 Å². The number of carboxylic acids is 1. The van der Waals surface area contributed by atoms with Gasteiger partial charge in [0.05, 0.1) is 11.6 Å². The highest BCUT2D eigenvalue weighted by atomic mass is 33.1. The Bertz CT molecular complexity index is 3500. The maximum Gasteiger partial charge on any atom is 0.336 e. The predicted molar refractivity (Wildman–Crippen MR) is 297 cm³/mol. The van der Waals surface area contributed by atoms with Crippen molar-refractivity contribution in [1.29, 1.82) is 0 Å². The van der Waals surface area contributed by atoms with E-state index in [1.165, 1.54) is 51.9 Å². The molecule has 0 unspecified atom stereocenters. The number of nitrogens with zero attached hydrogens (tertiary/aromatic N) is 4. The number of phenolic OH excluding ortho intramolecular Hbond substituents is 1. The lowest BCUT2D eigenvalue weighted by Gasteiger charge is -2.35. The molecule has 4 aromatic rings. The van der Waals surface area contributed by atoms with E-state index >= 15 is 0 Å². The molecule has 3 heterocycles. The van der Waals surface area contributed by atoms with Crippen LogP contribution in [-0.4, -0.2) is 108 Å². The molecule has 74 heavy (non-hydrogen) atoms. The Morgan fingerprint density at radius 1 is 0.649 bits per heavy atom. The summed E-state index contributed by atoms with van der Waals surface area (Å²) in [6, 6.07) is 33.9. The van der Waals surface area contributed by atoms with Crippen LogP contribution in [0.3, 0.4) is 0 Å². The number of aromatic carboxylic acids is 1. The number of piperazine rings is 1. The smallest absolute Gasteiger partial charge is 0.336 e. The summed E-state index contributed by atoms with van der Waals surface area (Å²) in [7, 11) is 2.99. The number of aromatic hydroxyl groups is 1. The number of carbonyl (C=O) groups excluding carboxylic acids is 3. The van der Waals surface area contributed by atoms with Gasteiger partial charge in [-0.3, -0.25) is 19.2 Å². The molecule has 0 atom stereocenters. The third kappa shape index (κ3) is 10.7. The Morgan fingerprint density at radius 2 is 1.26 bits per heavy atom. The molecule has 5 aliphatic rings. The second-order valence-corrected chi connectivity index (χ2v) is 20.7. The lowest BCUT2D eigenvalue weighted by molar-refractivity contribution is -0.132. The third-order valence-electron chi connectivity index (χ3n) is 13.7. The second kappa shape index (κ2) is 22.7. The molecule has 4 aromatic carbocycles. The average molecular weight is 1030 g/mol. The van der Waals surface area contributed by atoms with Gasteiger partial charge in [-0.25, -0.2) is 9.37 Å². The number of hydrogen-bond donors (Lipinski definition) is 3. The van der Waals surface area contributed by atoms with E-state index in [4.69, 9.17) is 8.83 Å². The second-order valence-electron chi connectivity index (χ2n) is 18.0. The number of amides is 3. The zero-order valence-electron chi connectivity index (χ0n) is 41.8. The van der Waals surface area contributed by atoms with E-state index in [-0.39, 0.29) is 52.2 Å². The van der Waals surface area contributed by atoms with Crippen molar-refractivity contribution in [2.45, 2.75) is 40.5 Å². The highest BCUT2D eigenvalue weighted by Gasteiger charge is 2.29. The van der Waals surface area contributed by atoms with Crippen molar-refractivity contribution in [3.05, 3.63) is 142 Å². The van der Waals surface area contributed by atoms with Gasteiger partial charge in [0.2, 0.25) is 17.2 Å². The fourth-order valence-electron chi connectivity index (χ4n) is 9.87. The highest BCUT2D eigenvalue weighted by Crippen LogP contribution is 2.44. The van der Waals surface area contributed by atoms with E-state index < -0.39 is 5.97 Å². The summed E-state index contributed by atoms with van der Waals surface area (Å²) in [6.45, 7) is 13.7. The van der Waals surface area contributed by atoms with E-state index in [0.29, 0.717) is 77.4 Å². The summed E-state index contributed by atoms with van der Waals surface area (Å²) >= 11 is 0. The van der Waals surface area contributed by atoms with E-state index in [0.717, 1.165) is 70.6 Å². The molecule has 9 rings (SSSR count). The molecule has 16 heteroatoms. The Hall–Kier alpha value is -7.56. The first-order valence-corrected chi connectivity index (χ1v) is 27.5. The number of fused-ring (bicyclic) bond motifs is 4. The van der Waals surface area contributed by atoms with Crippen LogP contribution in [0.15, 0.2) is 129 Å². The molecule has 0 bridgehead atoms. The fourth-order valence-corrected chi connectivity index (χ4v) is 11.8. The molecule has 1 fully saturated rings. The van der Waals surface area contributed by atoms with E-state index in [2.05, 4.69) is 78.9 Å². The topological polar surface area (TPSA) is 177 Å². The van der Waals surface area contributed by atoms with Crippen LogP contribution in [0.25, 0.3) is 66.8 Å². The minimum Gasteiger partial charge on any atom is -0.508 e. The van der Waals surface area contributed by atoms with Gasteiger partial charge in [-0.1, -0.05) is 45.9 Å². The monoisotopic (exact) mass is 1030 g/mol. The lowest BCUT2D eigenvalue weighted by Crippen LogP contribution is -2.50. The average Bonchev–Trinajstić information content (AvgIpc) is 3.41. The number of rotatable bonds is 17. The Morgan fingerprint density at radius 3 is 1.95 bits per heavy atom. The van der Waals surface area contributed by atoms with Crippen molar-refractivity contribution in [3.8, 4) is 50.7 Å². The van der Waals surface area contributed by atoms with Gasteiger partial charge in [-0.05, 0) is 99.5 Å². The first-order valence-electron chi connectivity index (χ1n) is 25.0. The van der Waals surface area contributed by atoms with E-state index in [1.54, 1.807) is 24.3 Å². The fraction of sp³-hybridized carbons (Fsp3) is 0.276. The maximum atomic E-state index is 14.5. The van der Waals surface area contributed by atoms with Crippen LogP contribution >= 0.6 is 21.6 Å². The largest absolute Gasteiger partial charge is 0.508 e. The molecular formula is C58H58N5O9S2+. The number of hydrogen-bond acceptors (Lipinski definition) is 11. The van der Waals surface area contributed by atoms with Crippen molar-refractivity contribution >= 4 is 78.6 Å². The van der Waals surface area contributed by atoms with Gasteiger partial charge < -0.3 is 39.1 Å². The number of carboxylic acid groups (broad SMARTS) is 1. The predicted octanol–water partition coefficient (Wildman–Crippen LogP) is 10.2. The van der Waals surface area contributed by atoms with Gasteiger partial charge in [0, 0.05) is 138 Å². The summed E-state index contributed by atoms with van der Waals surface area (Å²) in [5.74, 6) is 0.368. The number of phenols is 1. The Labute approximate surface area is 436 Å². The van der Waals surface area contributed by atoms with Crippen LogP contribution in [0.5, 0.6) is 5.75 Å². The molecule has 2 aliphatic carbocycles. The molecular weight excluding hydrogens is 975 g/mol. The Balaban J connectivity index is 0.797. The van der Waals surface area contributed by atoms with Gasteiger partial charge in [-0.15, -0.1) is 0 Å². The molecule has 380 valence electrons. The normalized spacial score (nSPS) is 12.7. The summed E-state index contributed by atoms with van der Waals surface area (Å²) in [6.07, 6.45) is 0.474. The van der Waals surface area contributed by atoms with Crippen LogP contribution in [-0.2, 0) is 9.59 Å². The Kier molecular flexibility index (Phi) is 15.7. The van der Waals surface area contributed by atoms with Gasteiger partial charge in [0.25, 0.3) is 5.91 Å². The first kappa shape index (κ1) is 51.3. The molecule has 1 saturated heterocycles. The van der Waals surface area contributed by atoms with Crippen LogP contribution in [0.1, 0.15) is 61.3 Å². The zero-order chi connectivity index (χ0) is 52.0. The van der Waals surface area contributed by atoms with Gasteiger partial charge in [0.15, 0.2) is 5.43 Å². The van der Waals surface area contributed by atoms with Gasteiger partial charge >= 0.3 is 5.97 Å². The van der Waals surface area contributed by atoms with Crippen molar-refractivity contribution in [3.63, 3.8) is 0 Å². The minimum absolute atomic E-state index is 0.0133. The summed E-state index contributed by atoms with van der Waals surface area (Å²) < 4.78 is 14.9. The number of benzene rings is 6. The van der Waals surface area contributed by atoms with E-state index in [1.807, 2.05) is 34.1 Å². The van der Waals surface area contributed by atoms with Crippen molar-refractivity contribution in [2.24, 2.45) is 0 Å². The molecule has 3 aliphatic heterocycles. The van der Waals surface area contributed by atoms with E-state index in [9.17, 15) is 34.2 Å². The highest BCUT2D eigenvalue weighted by molar-refractivity contribution is 8.76. The van der Waals surface area contributed by atoms with Crippen molar-refractivity contribution < 1.29 is 38.2 Å².